The monoisotopic (exact) mass is 379 g/mol. The van der Waals surface area contributed by atoms with Gasteiger partial charge in [-0.3, -0.25) is 4.79 Å². The summed E-state index contributed by atoms with van der Waals surface area (Å²) in [5, 5.41) is 12.7. The van der Waals surface area contributed by atoms with Crippen molar-refractivity contribution in [3.63, 3.8) is 0 Å². The highest BCUT2D eigenvalue weighted by molar-refractivity contribution is 6.38. The van der Waals surface area contributed by atoms with Gasteiger partial charge in [-0.05, 0) is 32.4 Å². The molecule has 1 aliphatic carbocycles. The largest absolute Gasteiger partial charge is 0.477 e. The highest BCUT2D eigenvalue weighted by atomic mass is 35.5. The average Bonchev–Trinajstić information content (AvgIpc) is 3.33. The van der Waals surface area contributed by atoms with Gasteiger partial charge in [0.15, 0.2) is 0 Å². The Morgan fingerprint density at radius 2 is 2.12 bits per heavy atom. The summed E-state index contributed by atoms with van der Waals surface area (Å²) in [7, 11) is 1.87. The number of hydrogen-bond donors (Lipinski definition) is 2. The summed E-state index contributed by atoms with van der Waals surface area (Å²) in [6.45, 7) is 1.29. The van der Waals surface area contributed by atoms with E-state index in [9.17, 15) is 19.1 Å². The molecule has 1 saturated carbocycles. The first-order chi connectivity index (χ1) is 12.4. The Morgan fingerprint density at radius 3 is 2.69 bits per heavy atom. The molecule has 6 nitrogen and oxygen atoms in total. The second-order valence-corrected chi connectivity index (χ2v) is 7.33. The number of nitrogens with zero attached hydrogens (tertiary/aromatic N) is 2. The molecule has 0 bridgehead atoms. The molecule has 2 aromatic rings. The maximum atomic E-state index is 14.9. The lowest BCUT2D eigenvalue weighted by Crippen LogP contribution is -2.30. The van der Waals surface area contributed by atoms with Gasteiger partial charge in [-0.1, -0.05) is 11.6 Å². The maximum Gasteiger partial charge on any atom is 0.341 e. The molecule has 2 fully saturated rings. The number of nitrogens with one attached hydrogen (secondary N) is 1. The standard InChI is InChI=1S/C18H19ClFN3O3/c1-21-9-4-5-22(7-9)16-13(20)6-11-15(14(16)19)23(10-2-3-10)8-12(17(11)24)18(25)26/h6,8-10,21H,2-5,7H2,1H3,(H,25,26)/t9-/m1/s1. The minimum absolute atomic E-state index is 0.0208. The number of hydrogen-bond acceptors (Lipinski definition) is 4. The molecule has 2 heterocycles. The number of carboxylic acids is 1. The fourth-order valence-electron chi connectivity index (χ4n) is 3.71. The summed E-state index contributed by atoms with van der Waals surface area (Å²) in [6.07, 6.45) is 3.98. The van der Waals surface area contributed by atoms with Crippen molar-refractivity contribution in [3.05, 3.63) is 38.9 Å². The predicted octanol–water partition coefficient (Wildman–Crippen LogP) is 2.63. The average molecular weight is 380 g/mol. The molecule has 2 aliphatic rings. The number of fused-ring (bicyclic) bond motifs is 1. The van der Waals surface area contributed by atoms with Crippen LogP contribution in [0.5, 0.6) is 0 Å². The van der Waals surface area contributed by atoms with Crippen molar-refractivity contribution in [3.8, 4) is 0 Å². The number of aromatic carboxylic acids is 1. The molecule has 1 saturated heterocycles. The van der Waals surface area contributed by atoms with E-state index < -0.39 is 17.2 Å². The van der Waals surface area contributed by atoms with Gasteiger partial charge in [-0.25, -0.2) is 9.18 Å². The van der Waals surface area contributed by atoms with E-state index in [0.717, 1.165) is 25.3 Å². The molecule has 0 spiro atoms. The Labute approximate surface area is 154 Å². The number of likely N-dealkylation sites (N-methyl/N-ethyl adjacent to an activating group) is 1. The van der Waals surface area contributed by atoms with Crippen molar-refractivity contribution in [2.45, 2.75) is 31.3 Å². The molecule has 1 atom stereocenters. The summed E-state index contributed by atoms with van der Waals surface area (Å²) in [5.74, 6) is -1.91. The van der Waals surface area contributed by atoms with Crippen molar-refractivity contribution in [1.82, 2.24) is 9.88 Å². The van der Waals surface area contributed by atoms with Crippen LogP contribution in [0.1, 0.15) is 35.7 Å². The molecule has 0 amide bonds. The zero-order chi connectivity index (χ0) is 18.6. The van der Waals surface area contributed by atoms with Gasteiger partial charge in [-0.2, -0.15) is 0 Å². The quantitative estimate of drug-likeness (QED) is 0.854. The molecule has 26 heavy (non-hydrogen) atoms. The summed E-state index contributed by atoms with van der Waals surface area (Å²) < 4.78 is 16.6. The first kappa shape index (κ1) is 17.3. The molecule has 138 valence electrons. The minimum atomic E-state index is -1.32. The van der Waals surface area contributed by atoms with Crippen LogP contribution in [0.4, 0.5) is 10.1 Å². The van der Waals surface area contributed by atoms with Crippen molar-refractivity contribution < 1.29 is 14.3 Å². The number of anilines is 1. The number of aromatic nitrogens is 1. The highest BCUT2D eigenvalue weighted by Gasteiger charge is 2.31. The first-order valence-corrected chi connectivity index (χ1v) is 9.02. The molecule has 8 heteroatoms. The lowest BCUT2D eigenvalue weighted by Gasteiger charge is -2.23. The summed E-state index contributed by atoms with van der Waals surface area (Å²) in [5.41, 5.74) is -0.349. The van der Waals surface area contributed by atoms with E-state index in [2.05, 4.69) is 5.32 Å². The molecule has 4 rings (SSSR count). The van der Waals surface area contributed by atoms with Gasteiger partial charge in [0.1, 0.15) is 11.4 Å². The Morgan fingerprint density at radius 1 is 1.38 bits per heavy atom. The van der Waals surface area contributed by atoms with Crippen LogP contribution in [0.15, 0.2) is 17.1 Å². The first-order valence-electron chi connectivity index (χ1n) is 8.64. The summed E-state index contributed by atoms with van der Waals surface area (Å²) in [6, 6.07) is 1.48. The third-order valence-electron chi connectivity index (χ3n) is 5.27. The van der Waals surface area contributed by atoms with E-state index in [-0.39, 0.29) is 33.7 Å². The minimum Gasteiger partial charge on any atom is -0.477 e. The highest BCUT2D eigenvalue weighted by Crippen LogP contribution is 2.42. The maximum absolute atomic E-state index is 14.9. The van der Waals surface area contributed by atoms with Crippen LogP contribution >= 0.6 is 11.6 Å². The van der Waals surface area contributed by atoms with E-state index >= 15 is 0 Å². The van der Waals surface area contributed by atoms with E-state index in [1.165, 1.54) is 6.20 Å². The van der Waals surface area contributed by atoms with Gasteiger partial charge in [0.2, 0.25) is 5.43 Å². The van der Waals surface area contributed by atoms with Gasteiger partial charge in [0, 0.05) is 31.4 Å². The smallest absolute Gasteiger partial charge is 0.341 e. The van der Waals surface area contributed by atoms with Crippen molar-refractivity contribution in [2.75, 3.05) is 25.0 Å². The zero-order valence-corrected chi connectivity index (χ0v) is 15.0. The van der Waals surface area contributed by atoms with Gasteiger partial charge in [-0.15, -0.1) is 0 Å². The summed E-state index contributed by atoms with van der Waals surface area (Å²) in [4.78, 5) is 25.9. The lowest BCUT2D eigenvalue weighted by atomic mass is 10.1. The van der Waals surface area contributed by atoms with E-state index in [0.29, 0.717) is 18.6 Å². The Balaban J connectivity index is 1.97. The van der Waals surface area contributed by atoms with E-state index in [1.807, 2.05) is 11.9 Å². The van der Waals surface area contributed by atoms with Gasteiger partial charge in [0.25, 0.3) is 0 Å². The van der Waals surface area contributed by atoms with Crippen LogP contribution < -0.4 is 15.6 Å². The van der Waals surface area contributed by atoms with Crippen LogP contribution in [0.3, 0.4) is 0 Å². The number of pyridine rings is 1. The topological polar surface area (TPSA) is 74.6 Å². The Kier molecular flexibility index (Phi) is 4.16. The Hall–Kier alpha value is -2.12. The van der Waals surface area contributed by atoms with Gasteiger partial charge < -0.3 is 19.9 Å². The van der Waals surface area contributed by atoms with Gasteiger partial charge >= 0.3 is 5.97 Å². The number of carboxylic acid groups (broad SMARTS) is 1. The third kappa shape index (κ3) is 2.66. The Bertz CT molecular complexity index is 971. The molecule has 1 aromatic carbocycles. The molecular formula is C18H19ClFN3O3. The molecule has 0 unspecified atom stereocenters. The number of halogens is 2. The van der Waals surface area contributed by atoms with E-state index in [1.54, 1.807) is 4.57 Å². The fourth-order valence-corrected chi connectivity index (χ4v) is 4.12. The zero-order valence-electron chi connectivity index (χ0n) is 14.3. The number of carbonyl (C=O) groups is 1. The van der Waals surface area contributed by atoms with Crippen molar-refractivity contribution in [1.29, 1.82) is 0 Å². The fraction of sp³-hybridized carbons (Fsp3) is 0.444. The van der Waals surface area contributed by atoms with Crippen LogP contribution in [0.25, 0.3) is 10.9 Å². The number of benzene rings is 1. The van der Waals surface area contributed by atoms with Gasteiger partial charge in [0.05, 0.1) is 21.6 Å². The molecule has 1 aliphatic heterocycles. The SMILES string of the molecule is CN[C@@H]1CCN(c2c(F)cc3c(=O)c(C(=O)O)cn(C4CC4)c3c2Cl)C1. The van der Waals surface area contributed by atoms with Crippen LogP contribution in [0, 0.1) is 5.82 Å². The molecular weight excluding hydrogens is 361 g/mol. The molecule has 2 N–H and O–H groups in total. The predicted molar refractivity (Wildman–Crippen MR) is 98.1 cm³/mol. The van der Waals surface area contributed by atoms with Crippen LogP contribution in [-0.2, 0) is 0 Å². The second kappa shape index (κ2) is 6.25. The normalized spacial score (nSPS) is 20.1. The molecule has 0 radical (unpaired) electrons. The van der Waals surface area contributed by atoms with E-state index in [4.69, 9.17) is 11.6 Å². The van der Waals surface area contributed by atoms with Crippen molar-refractivity contribution >= 4 is 34.2 Å². The number of rotatable bonds is 4. The van der Waals surface area contributed by atoms with Crippen LogP contribution in [0.2, 0.25) is 5.02 Å². The second-order valence-electron chi connectivity index (χ2n) is 6.95. The third-order valence-corrected chi connectivity index (χ3v) is 5.63. The lowest BCUT2D eigenvalue weighted by molar-refractivity contribution is 0.0695. The summed E-state index contributed by atoms with van der Waals surface area (Å²) >= 11 is 6.59. The molecule has 1 aromatic heterocycles. The van der Waals surface area contributed by atoms with Crippen molar-refractivity contribution in [2.24, 2.45) is 0 Å². The van der Waals surface area contributed by atoms with Crippen LogP contribution in [-0.4, -0.2) is 41.8 Å².